The number of hydrogen-bond acceptors (Lipinski definition) is 3. The Morgan fingerprint density at radius 1 is 1.33 bits per heavy atom. The Balaban J connectivity index is 1.81. The van der Waals surface area contributed by atoms with E-state index in [4.69, 9.17) is 4.74 Å². The van der Waals surface area contributed by atoms with Crippen molar-refractivity contribution in [1.82, 2.24) is 4.90 Å². The van der Waals surface area contributed by atoms with Crippen molar-refractivity contribution >= 4 is 5.97 Å². The summed E-state index contributed by atoms with van der Waals surface area (Å²) in [6.45, 7) is 8.20. The summed E-state index contributed by atoms with van der Waals surface area (Å²) in [5.74, 6) is 0.185. The zero-order chi connectivity index (χ0) is 15.5. The minimum Gasteiger partial charge on any atom is -0.494 e. The molecule has 1 aliphatic rings. The molecule has 21 heavy (non-hydrogen) atoms. The average molecular weight is 291 g/mol. The molecule has 1 atom stereocenters. The fraction of sp³-hybridized carbons (Fsp3) is 0.588. The maximum Gasteiger partial charge on any atom is 0.323 e. The molecule has 0 amide bonds. The van der Waals surface area contributed by atoms with Crippen molar-refractivity contribution in [2.45, 2.75) is 45.6 Å². The Morgan fingerprint density at radius 2 is 2.00 bits per heavy atom. The Bertz CT molecular complexity index is 495. The highest BCUT2D eigenvalue weighted by Crippen LogP contribution is 2.29. The van der Waals surface area contributed by atoms with Crippen molar-refractivity contribution in [2.24, 2.45) is 0 Å². The van der Waals surface area contributed by atoms with Gasteiger partial charge in [0, 0.05) is 6.54 Å². The molecule has 1 fully saturated rings. The lowest BCUT2D eigenvalue weighted by molar-refractivity contribution is -0.148. The minimum absolute atomic E-state index is 0.620. The molecule has 1 aromatic rings. The van der Waals surface area contributed by atoms with Crippen molar-refractivity contribution < 1.29 is 14.6 Å². The average Bonchev–Trinajstić information content (AvgIpc) is 2.76. The molecule has 1 aromatic carbocycles. The predicted molar refractivity (Wildman–Crippen MR) is 82.9 cm³/mol. The van der Waals surface area contributed by atoms with E-state index in [-0.39, 0.29) is 0 Å². The molecule has 1 N–H and O–H groups in total. The van der Waals surface area contributed by atoms with Crippen LogP contribution in [0.15, 0.2) is 18.2 Å². The van der Waals surface area contributed by atoms with Gasteiger partial charge in [0.25, 0.3) is 0 Å². The molecule has 2 rings (SSSR count). The Labute approximate surface area is 126 Å². The minimum atomic E-state index is -0.713. The number of ether oxygens (including phenoxy) is 1. The fourth-order valence-corrected chi connectivity index (χ4v) is 3.08. The van der Waals surface area contributed by atoms with Gasteiger partial charge in [-0.3, -0.25) is 9.69 Å². The van der Waals surface area contributed by atoms with Gasteiger partial charge in [-0.05, 0) is 69.8 Å². The highest BCUT2D eigenvalue weighted by Gasteiger charge is 2.42. The zero-order valence-electron chi connectivity index (χ0n) is 13.2. The van der Waals surface area contributed by atoms with Gasteiger partial charge >= 0.3 is 5.97 Å². The van der Waals surface area contributed by atoms with Crippen LogP contribution in [0, 0.1) is 13.8 Å². The van der Waals surface area contributed by atoms with Crippen LogP contribution in [-0.4, -0.2) is 41.2 Å². The van der Waals surface area contributed by atoms with Gasteiger partial charge in [-0.1, -0.05) is 6.07 Å². The lowest BCUT2D eigenvalue weighted by Gasteiger charge is -2.31. The van der Waals surface area contributed by atoms with Crippen molar-refractivity contribution in [3.05, 3.63) is 29.3 Å². The van der Waals surface area contributed by atoms with Gasteiger partial charge in [-0.2, -0.15) is 0 Å². The van der Waals surface area contributed by atoms with Gasteiger partial charge in [0.15, 0.2) is 0 Å². The first-order valence-corrected chi connectivity index (χ1v) is 7.61. The Hall–Kier alpha value is -1.55. The molecular formula is C17H25NO3. The van der Waals surface area contributed by atoms with Gasteiger partial charge in [0.05, 0.1) is 6.61 Å². The summed E-state index contributed by atoms with van der Waals surface area (Å²) in [4.78, 5) is 13.5. The van der Waals surface area contributed by atoms with E-state index in [2.05, 4.69) is 24.8 Å². The fourth-order valence-electron chi connectivity index (χ4n) is 3.08. The van der Waals surface area contributed by atoms with Gasteiger partial charge in [0.1, 0.15) is 11.3 Å². The molecule has 0 aliphatic carbocycles. The number of hydrogen-bond donors (Lipinski definition) is 1. The number of aliphatic carboxylic acids is 1. The molecule has 116 valence electrons. The quantitative estimate of drug-likeness (QED) is 0.819. The summed E-state index contributed by atoms with van der Waals surface area (Å²) >= 11 is 0. The number of likely N-dealkylation sites (tertiary alicyclic amines) is 1. The summed E-state index contributed by atoms with van der Waals surface area (Å²) in [5, 5.41) is 9.37. The van der Waals surface area contributed by atoms with Gasteiger partial charge in [-0.15, -0.1) is 0 Å². The van der Waals surface area contributed by atoms with Crippen molar-refractivity contribution in [3.63, 3.8) is 0 Å². The molecule has 0 bridgehead atoms. The third-order valence-corrected chi connectivity index (χ3v) is 4.29. The second-order valence-electron chi connectivity index (χ2n) is 6.20. The molecular weight excluding hydrogens is 266 g/mol. The van der Waals surface area contributed by atoms with Gasteiger partial charge in [-0.25, -0.2) is 0 Å². The van der Waals surface area contributed by atoms with E-state index in [9.17, 15) is 9.90 Å². The van der Waals surface area contributed by atoms with Crippen LogP contribution in [0.4, 0.5) is 0 Å². The van der Waals surface area contributed by atoms with E-state index in [1.165, 1.54) is 11.1 Å². The van der Waals surface area contributed by atoms with Crippen LogP contribution in [0.5, 0.6) is 5.75 Å². The standard InChI is InChI=1S/C17H25NO3/c1-13-10-14(2)12-15(11-13)21-9-5-8-18-7-4-6-17(18,3)16(19)20/h10-12H,4-9H2,1-3H3,(H,19,20). The van der Waals surface area contributed by atoms with E-state index < -0.39 is 11.5 Å². The van der Waals surface area contributed by atoms with Crippen LogP contribution in [0.25, 0.3) is 0 Å². The zero-order valence-corrected chi connectivity index (χ0v) is 13.2. The summed E-state index contributed by atoms with van der Waals surface area (Å²) < 4.78 is 5.78. The summed E-state index contributed by atoms with van der Waals surface area (Å²) in [6.07, 6.45) is 2.54. The molecule has 1 aliphatic heterocycles. The van der Waals surface area contributed by atoms with Crippen molar-refractivity contribution in [2.75, 3.05) is 19.7 Å². The summed E-state index contributed by atoms with van der Waals surface area (Å²) in [7, 11) is 0. The van der Waals surface area contributed by atoms with E-state index in [1.807, 2.05) is 19.1 Å². The second-order valence-corrected chi connectivity index (χ2v) is 6.20. The molecule has 0 radical (unpaired) electrons. The van der Waals surface area contributed by atoms with E-state index in [0.717, 1.165) is 38.1 Å². The summed E-state index contributed by atoms with van der Waals surface area (Å²) in [6, 6.07) is 6.18. The largest absolute Gasteiger partial charge is 0.494 e. The van der Waals surface area contributed by atoms with Gasteiger partial charge < -0.3 is 9.84 Å². The number of rotatable bonds is 6. The molecule has 4 heteroatoms. The Morgan fingerprint density at radius 3 is 2.62 bits per heavy atom. The SMILES string of the molecule is Cc1cc(C)cc(OCCCN2CCCC2(C)C(=O)O)c1. The number of carboxylic acid groups (broad SMARTS) is 1. The van der Waals surface area contributed by atoms with E-state index >= 15 is 0 Å². The van der Waals surface area contributed by atoms with Crippen LogP contribution < -0.4 is 4.74 Å². The molecule has 1 heterocycles. The first-order chi connectivity index (χ1) is 9.91. The summed E-state index contributed by atoms with van der Waals surface area (Å²) in [5.41, 5.74) is 1.70. The number of nitrogens with zero attached hydrogens (tertiary/aromatic N) is 1. The monoisotopic (exact) mass is 291 g/mol. The third kappa shape index (κ3) is 3.76. The van der Waals surface area contributed by atoms with Gasteiger partial charge in [0.2, 0.25) is 0 Å². The molecule has 0 saturated carbocycles. The van der Waals surface area contributed by atoms with Crippen LogP contribution in [0.2, 0.25) is 0 Å². The third-order valence-electron chi connectivity index (χ3n) is 4.29. The maximum absolute atomic E-state index is 11.4. The molecule has 0 spiro atoms. The second kappa shape index (κ2) is 6.48. The maximum atomic E-state index is 11.4. The predicted octanol–water partition coefficient (Wildman–Crippen LogP) is 3.01. The lowest BCUT2D eigenvalue weighted by atomic mass is 9.99. The molecule has 4 nitrogen and oxygen atoms in total. The Kier molecular flexibility index (Phi) is 4.88. The van der Waals surface area contributed by atoms with Crippen LogP contribution in [0.3, 0.4) is 0 Å². The van der Waals surface area contributed by atoms with E-state index in [0.29, 0.717) is 6.61 Å². The highest BCUT2D eigenvalue weighted by atomic mass is 16.5. The molecule has 1 unspecified atom stereocenters. The smallest absolute Gasteiger partial charge is 0.323 e. The number of carbonyl (C=O) groups is 1. The number of carboxylic acids is 1. The lowest BCUT2D eigenvalue weighted by Crippen LogP contribution is -2.48. The van der Waals surface area contributed by atoms with E-state index in [1.54, 1.807) is 0 Å². The molecule has 0 aromatic heterocycles. The number of benzene rings is 1. The van der Waals surface area contributed by atoms with Crippen molar-refractivity contribution in [3.8, 4) is 5.75 Å². The van der Waals surface area contributed by atoms with Crippen molar-refractivity contribution in [1.29, 1.82) is 0 Å². The number of aryl methyl sites for hydroxylation is 2. The topological polar surface area (TPSA) is 49.8 Å². The normalized spacial score (nSPS) is 22.4. The van der Waals surface area contributed by atoms with Crippen LogP contribution >= 0.6 is 0 Å². The van der Waals surface area contributed by atoms with Crippen LogP contribution in [0.1, 0.15) is 37.3 Å². The first-order valence-electron chi connectivity index (χ1n) is 7.61. The van der Waals surface area contributed by atoms with Crippen LogP contribution in [-0.2, 0) is 4.79 Å². The highest BCUT2D eigenvalue weighted by molar-refractivity contribution is 5.78. The molecule has 1 saturated heterocycles. The first kappa shape index (κ1) is 15.8.